The van der Waals surface area contributed by atoms with Gasteiger partial charge in [0.1, 0.15) is 5.75 Å². The molecule has 0 unspecified atom stereocenters. The van der Waals surface area contributed by atoms with Crippen molar-refractivity contribution in [2.24, 2.45) is 0 Å². The molecule has 2 aromatic carbocycles. The topological polar surface area (TPSA) is 83.9 Å². The molecule has 3 rings (SSSR count). The summed E-state index contributed by atoms with van der Waals surface area (Å²) < 4.78 is 32.1. The van der Waals surface area contributed by atoms with Crippen molar-refractivity contribution in [3.05, 3.63) is 53.6 Å². The summed E-state index contributed by atoms with van der Waals surface area (Å²) in [4.78, 5) is 10.9. The molecule has 0 saturated heterocycles. The minimum absolute atomic E-state index is 0.0514. The van der Waals surface area contributed by atoms with Gasteiger partial charge in [0.05, 0.1) is 23.3 Å². The third kappa shape index (κ3) is 2.63. The molecule has 0 atom stereocenters. The van der Waals surface area contributed by atoms with Crippen LogP contribution in [0.1, 0.15) is 15.9 Å². The maximum Gasteiger partial charge on any atom is 0.335 e. The summed E-state index contributed by atoms with van der Waals surface area (Å²) in [5.41, 5.74) is 1.60. The van der Waals surface area contributed by atoms with Crippen molar-refractivity contribution in [1.29, 1.82) is 0 Å². The van der Waals surface area contributed by atoms with Crippen molar-refractivity contribution >= 4 is 21.7 Å². The van der Waals surface area contributed by atoms with Crippen molar-refractivity contribution in [3.63, 3.8) is 0 Å². The fourth-order valence-corrected chi connectivity index (χ4v) is 4.12. The number of hydrogen-bond acceptors (Lipinski definition) is 4. The first kappa shape index (κ1) is 15.4. The Morgan fingerprint density at radius 3 is 2.48 bits per heavy atom. The maximum atomic E-state index is 12.8. The number of aromatic carboxylic acids is 1. The van der Waals surface area contributed by atoms with Crippen LogP contribution in [0.3, 0.4) is 0 Å². The fourth-order valence-electron chi connectivity index (χ4n) is 2.62. The second-order valence-electron chi connectivity index (χ2n) is 5.15. The summed E-state index contributed by atoms with van der Waals surface area (Å²) in [5.74, 6) is -0.402. The molecule has 0 spiro atoms. The fraction of sp³-hybridized carbons (Fsp3) is 0.188. The van der Waals surface area contributed by atoms with Gasteiger partial charge in [-0.15, -0.1) is 0 Å². The van der Waals surface area contributed by atoms with E-state index in [9.17, 15) is 13.2 Å². The van der Waals surface area contributed by atoms with Crippen LogP contribution in [0.25, 0.3) is 0 Å². The Balaban J connectivity index is 1.97. The Morgan fingerprint density at radius 2 is 1.87 bits per heavy atom. The summed E-state index contributed by atoms with van der Waals surface area (Å²) in [7, 11) is -2.15. The van der Waals surface area contributed by atoms with Crippen LogP contribution in [0.5, 0.6) is 5.75 Å². The van der Waals surface area contributed by atoms with Crippen LogP contribution in [0.4, 0.5) is 5.69 Å². The van der Waals surface area contributed by atoms with E-state index in [4.69, 9.17) is 9.84 Å². The highest BCUT2D eigenvalue weighted by atomic mass is 32.2. The van der Waals surface area contributed by atoms with E-state index >= 15 is 0 Å². The Bertz CT molecular complexity index is 859. The predicted molar refractivity (Wildman–Crippen MR) is 84.6 cm³/mol. The lowest BCUT2D eigenvalue weighted by atomic mass is 10.1. The van der Waals surface area contributed by atoms with Crippen LogP contribution in [0, 0.1) is 0 Å². The second-order valence-corrected chi connectivity index (χ2v) is 7.01. The van der Waals surface area contributed by atoms with Crippen molar-refractivity contribution in [1.82, 2.24) is 0 Å². The lowest BCUT2D eigenvalue weighted by molar-refractivity contribution is 0.0696. The van der Waals surface area contributed by atoms with Gasteiger partial charge >= 0.3 is 5.97 Å². The van der Waals surface area contributed by atoms with Crippen molar-refractivity contribution in [2.45, 2.75) is 11.3 Å². The van der Waals surface area contributed by atoms with E-state index in [0.717, 1.165) is 5.56 Å². The van der Waals surface area contributed by atoms with Crippen LogP contribution in [-0.4, -0.2) is 33.1 Å². The number of carboxylic acids is 1. The Hall–Kier alpha value is -2.54. The highest BCUT2D eigenvalue weighted by Crippen LogP contribution is 2.35. The van der Waals surface area contributed by atoms with E-state index in [1.807, 2.05) is 6.07 Å². The summed E-state index contributed by atoms with van der Waals surface area (Å²) in [6.45, 7) is 0.353. The number of ether oxygens (including phenoxy) is 1. The molecule has 23 heavy (non-hydrogen) atoms. The zero-order valence-electron chi connectivity index (χ0n) is 12.4. The molecule has 1 aliphatic heterocycles. The monoisotopic (exact) mass is 333 g/mol. The van der Waals surface area contributed by atoms with Crippen LogP contribution in [0.15, 0.2) is 47.4 Å². The van der Waals surface area contributed by atoms with Crippen molar-refractivity contribution < 1.29 is 23.1 Å². The largest absolute Gasteiger partial charge is 0.497 e. The van der Waals surface area contributed by atoms with Gasteiger partial charge in [-0.25, -0.2) is 13.2 Å². The lowest BCUT2D eigenvalue weighted by Gasteiger charge is -2.19. The molecule has 0 amide bonds. The van der Waals surface area contributed by atoms with Gasteiger partial charge in [-0.05, 0) is 54.4 Å². The van der Waals surface area contributed by atoms with E-state index in [-0.39, 0.29) is 10.5 Å². The first-order chi connectivity index (χ1) is 10.9. The second kappa shape index (κ2) is 5.58. The standard InChI is InChI=1S/C16H15NO5S/c1-22-13-4-7-15-12(10-13)8-9-17(15)23(20,21)14-5-2-11(3-6-14)16(18)19/h2-7,10H,8-9H2,1H3,(H,18,19). The van der Waals surface area contributed by atoms with E-state index < -0.39 is 16.0 Å². The molecule has 1 heterocycles. The van der Waals surface area contributed by atoms with Crippen LogP contribution in [0.2, 0.25) is 0 Å². The normalized spacial score (nSPS) is 13.7. The zero-order valence-corrected chi connectivity index (χ0v) is 13.2. The minimum Gasteiger partial charge on any atom is -0.497 e. The van der Waals surface area contributed by atoms with Crippen molar-refractivity contribution in [3.8, 4) is 5.75 Å². The van der Waals surface area contributed by atoms with Gasteiger partial charge in [0.25, 0.3) is 10.0 Å². The van der Waals surface area contributed by atoms with Gasteiger partial charge in [-0.1, -0.05) is 0 Å². The van der Waals surface area contributed by atoms with E-state index in [1.165, 1.54) is 28.6 Å². The van der Waals surface area contributed by atoms with Crippen molar-refractivity contribution in [2.75, 3.05) is 18.0 Å². The van der Waals surface area contributed by atoms with E-state index in [2.05, 4.69) is 0 Å². The first-order valence-electron chi connectivity index (χ1n) is 6.96. The number of carboxylic acid groups (broad SMARTS) is 1. The SMILES string of the molecule is COc1ccc2c(c1)CCN2S(=O)(=O)c1ccc(C(=O)O)cc1. The molecule has 0 aliphatic carbocycles. The molecule has 0 aromatic heterocycles. The summed E-state index contributed by atoms with van der Waals surface area (Å²) >= 11 is 0. The van der Waals surface area contributed by atoms with Gasteiger partial charge in [0, 0.05) is 6.54 Å². The Morgan fingerprint density at radius 1 is 1.17 bits per heavy atom. The van der Waals surface area contributed by atoms with Gasteiger partial charge in [-0.2, -0.15) is 0 Å². The number of nitrogens with zero attached hydrogens (tertiary/aromatic N) is 1. The van der Waals surface area contributed by atoms with Crippen LogP contribution >= 0.6 is 0 Å². The number of rotatable bonds is 4. The molecule has 120 valence electrons. The molecule has 1 N–H and O–H groups in total. The molecule has 7 heteroatoms. The van der Waals surface area contributed by atoms with E-state index in [0.29, 0.717) is 24.4 Å². The number of benzene rings is 2. The summed E-state index contributed by atoms with van der Waals surface area (Å²) in [5, 5.41) is 8.90. The lowest BCUT2D eigenvalue weighted by Crippen LogP contribution is -2.29. The number of carbonyl (C=O) groups is 1. The summed E-state index contributed by atoms with van der Waals surface area (Å²) in [6, 6.07) is 10.5. The molecule has 0 saturated carbocycles. The maximum absolute atomic E-state index is 12.8. The average molecular weight is 333 g/mol. The quantitative estimate of drug-likeness (QED) is 0.927. The first-order valence-corrected chi connectivity index (χ1v) is 8.40. The number of sulfonamides is 1. The molecule has 6 nitrogen and oxygen atoms in total. The molecule has 0 bridgehead atoms. The smallest absolute Gasteiger partial charge is 0.335 e. The van der Waals surface area contributed by atoms with Gasteiger partial charge in [0.2, 0.25) is 0 Å². The highest BCUT2D eigenvalue weighted by molar-refractivity contribution is 7.92. The molecule has 0 radical (unpaired) electrons. The van der Waals surface area contributed by atoms with Gasteiger partial charge < -0.3 is 9.84 Å². The van der Waals surface area contributed by atoms with Crippen LogP contribution in [-0.2, 0) is 16.4 Å². The summed E-state index contributed by atoms with van der Waals surface area (Å²) in [6.07, 6.45) is 0.610. The zero-order chi connectivity index (χ0) is 16.6. The molecule has 2 aromatic rings. The molecule has 1 aliphatic rings. The third-order valence-corrected chi connectivity index (χ3v) is 5.66. The molecule has 0 fully saturated rings. The van der Waals surface area contributed by atoms with Gasteiger partial charge in [0.15, 0.2) is 0 Å². The highest BCUT2D eigenvalue weighted by Gasteiger charge is 2.31. The molecular formula is C16H15NO5S. The third-order valence-electron chi connectivity index (χ3n) is 3.83. The molecular weight excluding hydrogens is 318 g/mol. The Labute approximate surface area is 134 Å². The van der Waals surface area contributed by atoms with Gasteiger partial charge in [-0.3, -0.25) is 4.31 Å². The van der Waals surface area contributed by atoms with Crippen LogP contribution < -0.4 is 9.04 Å². The average Bonchev–Trinajstić information content (AvgIpc) is 2.98. The minimum atomic E-state index is -3.71. The Kier molecular flexibility index (Phi) is 3.73. The number of methoxy groups -OCH3 is 1. The van der Waals surface area contributed by atoms with E-state index in [1.54, 1.807) is 19.2 Å². The predicted octanol–water partition coefficient (Wildman–Crippen LogP) is 2.14. The number of anilines is 1. The number of fused-ring (bicyclic) bond motifs is 1. The number of hydrogen-bond donors (Lipinski definition) is 1.